The number of rotatable bonds is 2. The van der Waals surface area contributed by atoms with Crippen LogP contribution < -0.4 is 5.73 Å². The third-order valence-electron chi connectivity index (χ3n) is 2.99. The topological polar surface area (TPSA) is 26.0 Å². The van der Waals surface area contributed by atoms with Crippen molar-refractivity contribution in [2.75, 3.05) is 0 Å². The molecule has 0 radical (unpaired) electrons. The summed E-state index contributed by atoms with van der Waals surface area (Å²) in [5, 5.41) is 0. The van der Waals surface area contributed by atoms with Crippen LogP contribution in [0.4, 0.5) is 4.39 Å². The van der Waals surface area contributed by atoms with Gasteiger partial charge in [-0.25, -0.2) is 4.39 Å². The van der Waals surface area contributed by atoms with Crippen LogP contribution in [-0.2, 0) is 0 Å². The molecule has 1 fully saturated rings. The van der Waals surface area contributed by atoms with Crippen LogP contribution in [0.2, 0.25) is 0 Å². The van der Waals surface area contributed by atoms with Gasteiger partial charge in [0.15, 0.2) is 0 Å². The largest absolute Gasteiger partial charge is 0.324 e. The molecule has 1 aromatic rings. The molecular formula is C11H14BrClFN. The van der Waals surface area contributed by atoms with Gasteiger partial charge in [0, 0.05) is 6.04 Å². The molecule has 84 valence electrons. The molecule has 0 heterocycles. The summed E-state index contributed by atoms with van der Waals surface area (Å²) in [6.45, 7) is 0. The van der Waals surface area contributed by atoms with Crippen LogP contribution in [0.15, 0.2) is 22.7 Å². The van der Waals surface area contributed by atoms with Gasteiger partial charge in [-0.1, -0.05) is 12.5 Å². The van der Waals surface area contributed by atoms with E-state index in [1.54, 1.807) is 6.07 Å². The molecule has 15 heavy (non-hydrogen) atoms. The summed E-state index contributed by atoms with van der Waals surface area (Å²) in [6, 6.07) is 5.17. The zero-order valence-corrected chi connectivity index (χ0v) is 10.7. The van der Waals surface area contributed by atoms with E-state index in [4.69, 9.17) is 5.73 Å². The first-order valence-electron chi connectivity index (χ1n) is 4.89. The second kappa shape index (κ2) is 5.28. The molecule has 2 N–H and O–H groups in total. The molecule has 4 heteroatoms. The smallest absolute Gasteiger partial charge is 0.137 e. The highest BCUT2D eigenvalue weighted by Crippen LogP contribution is 2.36. The lowest BCUT2D eigenvalue weighted by molar-refractivity contribution is 0.264. The van der Waals surface area contributed by atoms with Crippen LogP contribution in [0, 0.1) is 11.7 Å². The number of nitrogens with two attached hydrogens (primary N) is 1. The molecular weight excluding hydrogens is 280 g/mol. The van der Waals surface area contributed by atoms with Gasteiger partial charge < -0.3 is 5.73 Å². The summed E-state index contributed by atoms with van der Waals surface area (Å²) in [4.78, 5) is 0. The highest BCUT2D eigenvalue weighted by molar-refractivity contribution is 9.10. The summed E-state index contributed by atoms with van der Waals surface area (Å²) in [7, 11) is 0. The summed E-state index contributed by atoms with van der Waals surface area (Å²) in [5.41, 5.74) is 6.95. The molecule has 1 nitrogen and oxygen atoms in total. The highest BCUT2D eigenvalue weighted by atomic mass is 79.9. The predicted molar refractivity (Wildman–Crippen MR) is 65.6 cm³/mol. The molecule has 0 aliphatic heterocycles. The van der Waals surface area contributed by atoms with E-state index in [0.29, 0.717) is 10.4 Å². The molecule has 1 atom stereocenters. The van der Waals surface area contributed by atoms with E-state index >= 15 is 0 Å². The maximum absolute atomic E-state index is 13.2. The summed E-state index contributed by atoms with van der Waals surface area (Å²) in [5.74, 6) is 0.327. The number of benzene rings is 1. The average Bonchev–Trinajstić information content (AvgIpc) is 2.06. The van der Waals surface area contributed by atoms with Crippen molar-refractivity contribution >= 4 is 28.3 Å². The number of hydrogen-bond donors (Lipinski definition) is 1. The van der Waals surface area contributed by atoms with Crippen LogP contribution in [0.3, 0.4) is 0 Å². The van der Waals surface area contributed by atoms with Crippen molar-refractivity contribution in [1.29, 1.82) is 0 Å². The Kier molecular flexibility index (Phi) is 4.56. The molecule has 1 aliphatic rings. The van der Waals surface area contributed by atoms with Gasteiger partial charge >= 0.3 is 0 Å². The Morgan fingerprint density at radius 2 is 2.07 bits per heavy atom. The van der Waals surface area contributed by atoms with Gasteiger partial charge in [0.05, 0.1) is 4.47 Å². The average molecular weight is 295 g/mol. The van der Waals surface area contributed by atoms with Crippen molar-refractivity contribution in [1.82, 2.24) is 0 Å². The van der Waals surface area contributed by atoms with Gasteiger partial charge in [-0.3, -0.25) is 0 Å². The molecule has 0 bridgehead atoms. The molecule has 0 aromatic heterocycles. The molecule has 1 aromatic carbocycles. The van der Waals surface area contributed by atoms with Gasteiger partial charge in [-0.15, -0.1) is 12.4 Å². The van der Waals surface area contributed by atoms with Crippen LogP contribution in [0.1, 0.15) is 30.9 Å². The van der Waals surface area contributed by atoms with E-state index in [9.17, 15) is 4.39 Å². The maximum atomic E-state index is 13.2. The van der Waals surface area contributed by atoms with Gasteiger partial charge in [0.2, 0.25) is 0 Å². The van der Waals surface area contributed by atoms with Crippen LogP contribution in [-0.4, -0.2) is 0 Å². The maximum Gasteiger partial charge on any atom is 0.137 e. The summed E-state index contributed by atoms with van der Waals surface area (Å²) in [6.07, 6.45) is 3.62. The minimum atomic E-state index is -0.225. The third kappa shape index (κ3) is 2.71. The molecule has 0 unspecified atom stereocenters. The molecule has 0 amide bonds. The predicted octanol–water partition coefficient (Wildman–Crippen LogP) is 3.81. The van der Waals surface area contributed by atoms with Crippen LogP contribution in [0.5, 0.6) is 0 Å². The standard InChI is InChI=1S/C11H13BrFN.ClH/c12-9-5-4-8(6-10(9)13)11(14)7-2-1-3-7;/h4-7,11H,1-3,14H2;1H/t11-;/m1./s1. The van der Waals surface area contributed by atoms with Gasteiger partial charge in [0.25, 0.3) is 0 Å². The fourth-order valence-corrected chi connectivity index (χ4v) is 2.04. The summed E-state index contributed by atoms with van der Waals surface area (Å²) < 4.78 is 13.7. The fourth-order valence-electron chi connectivity index (χ4n) is 1.79. The normalized spacial score (nSPS) is 17.8. The Bertz CT molecular complexity index is 341. The van der Waals surface area contributed by atoms with E-state index in [-0.39, 0.29) is 24.3 Å². The lowest BCUT2D eigenvalue weighted by atomic mass is 9.77. The van der Waals surface area contributed by atoms with Crippen molar-refractivity contribution in [2.24, 2.45) is 11.7 Å². The van der Waals surface area contributed by atoms with Crippen molar-refractivity contribution in [3.63, 3.8) is 0 Å². The quantitative estimate of drug-likeness (QED) is 0.882. The molecule has 0 saturated heterocycles. The first-order valence-corrected chi connectivity index (χ1v) is 5.68. The molecule has 0 spiro atoms. The van der Waals surface area contributed by atoms with Crippen LogP contribution >= 0.6 is 28.3 Å². The molecule has 2 rings (SSSR count). The Balaban J connectivity index is 0.00000112. The number of halogens is 3. The Hall–Kier alpha value is -0.120. The Morgan fingerprint density at radius 3 is 2.53 bits per heavy atom. The Labute approximate surface area is 104 Å². The SMILES string of the molecule is Cl.N[C@@H](c1ccc(Br)c(F)c1)C1CCC1. The highest BCUT2D eigenvalue weighted by Gasteiger charge is 2.25. The first-order chi connectivity index (χ1) is 6.68. The van der Waals surface area contributed by atoms with Gasteiger partial charge in [-0.05, 0) is 52.4 Å². The van der Waals surface area contributed by atoms with Crippen LogP contribution in [0.25, 0.3) is 0 Å². The van der Waals surface area contributed by atoms with Crippen molar-refractivity contribution < 1.29 is 4.39 Å². The first kappa shape index (κ1) is 12.9. The number of hydrogen-bond acceptors (Lipinski definition) is 1. The van der Waals surface area contributed by atoms with E-state index < -0.39 is 0 Å². The van der Waals surface area contributed by atoms with Crippen molar-refractivity contribution in [3.05, 3.63) is 34.1 Å². The van der Waals surface area contributed by atoms with Gasteiger partial charge in [-0.2, -0.15) is 0 Å². The fraction of sp³-hybridized carbons (Fsp3) is 0.455. The zero-order chi connectivity index (χ0) is 10.1. The monoisotopic (exact) mass is 293 g/mol. The molecule has 1 saturated carbocycles. The van der Waals surface area contributed by atoms with E-state index in [0.717, 1.165) is 5.56 Å². The zero-order valence-electron chi connectivity index (χ0n) is 8.25. The lowest BCUT2D eigenvalue weighted by Crippen LogP contribution is -2.26. The third-order valence-corrected chi connectivity index (χ3v) is 3.63. The summed E-state index contributed by atoms with van der Waals surface area (Å²) >= 11 is 3.13. The van der Waals surface area contributed by atoms with Gasteiger partial charge in [0.1, 0.15) is 5.82 Å². The molecule has 1 aliphatic carbocycles. The minimum Gasteiger partial charge on any atom is -0.324 e. The van der Waals surface area contributed by atoms with Crippen molar-refractivity contribution in [2.45, 2.75) is 25.3 Å². The second-order valence-corrected chi connectivity index (χ2v) is 4.74. The van der Waals surface area contributed by atoms with Crippen molar-refractivity contribution in [3.8, 4) is 0 Å². The Morgan fingerprint density at radius 1 is 1.40 bits per heavy atom. The second-order valence-electron chi connectivity index (χ2n) is 3.89. The van der Waals surface area contributed by atoms with E-state index in [1.807, 2.05) is 6.07 Å². The lowest BCUT2D eigenvalue weighted by Gasteiger charge is -2.31. The minimum absolute atomic E-state index is 0. The van der Waals surface area contributed by atoms with E-state index in [2.05, 4.69) is 15.9 Å². The van der Waals surface area contributed by atoms with E-state index in [1.165, 1.54) is 25.3 Å².